The average Bonchev–Trinajstić information content (AvgIpc) is 3.42. The number of aromatic nitrogens is 3. The second kappa shape index (κ2) is 10.2. The summed E-state index contributed by atoms with van der Waals surface area (Å²) in [7, 11) is -3.87. The van der Waals surface area contributed by atoms with Gasteiger partial charge in [0.2, 0.25) is 0 Å². The molecule has 2 heterocycles. The Morgan fingerprint density at radius 3 is 2.62 bits per heavy atom. The monoisotopic (exact) mass is 523 g/mol. The number of rotatable bonds is 8. The number of aromatic amines is 1. The molecule has 2 aromatic heterocycles. The van der Waals surface area contributed by atoms with Gasteiger partial charge in [-0.25, -0.2) is 27.2 Å². The van der Waals surface area contributed by atoms with Crippen LogP contribution in [-0.4, -0.2) is 29.2 Å². The summed E-state index contributed by atoms with van der Waals surface area (Å²) in [5, 5.41) is -0.0864. The first-order valence-corrected chi connectivity index (χ1v) is 13.4. The molecule has 7 nitrogen and oxygen atoms in total. The largest absolute Gasteiger partial charge is 0.482 e. The molecule has 0 saturated carbocycles. The molecule has 0 radical (unpaired) electrons. The van der Waals surface area contributed by atoms with Gasteiger partial charge in [0, 0.05) is 48.6 Å². The predicted molar refractivity (Wildman–Crippen MR) is 131 cm³/mol. The summed E-state index contributed by atoms with van der Waals surface area (Å²) < 4.78 is 60.9. The van der Waals surface area contributed by atoms with Crippen LogP contribution in [0.1, 0.15) is 51.8 Å². The van der Waals surface area contributed by atoms with Crippen molar-refractivity contribution in [2.75, 3.05) is 0 Å². The number of Topliss-reactive ketones (excluding diaryl/α,β-unsaturated/α-hetero) is 1. The van der Waals surface area contributed by atoms with Gasteiger partial charge in [-0.3, -0.25) is 4.79 Å². The molecule has 0 fully saturated rings. The van der Waals surface area contributed by atoms with Crippen LogP contribution in [0.3, 0.4) is 0 Å². The van der Waals surface area contributed by atoms with Crippen LogP contribution >= 0.6 is 0 Å². The van der Waals surface area contributed by atoms with Gasteiger partial charge in [-0.05, 0) is 54.3 Å². The van der Waals surface area contributed by atoms with Gasteiger partial charge >= 0.3 is 0 Å². The fraction of sp³-hybridized carbons (Fsp3) is 0.222. The molecular weight excluding hydrogens is 500 g/mol. The first-order valence-electron chi connectivity index (χ1n) is 11.7. The standard InChI is InChI=1S/C27H23F2N3O4S/c28-18-8-7-17(22(29)15-18)14-25(27-31-12-13-32-27)36-24-10-9-20-19(4-3-5-23(20)33)21(24)16-37(34,35)26-6-1-2-11-30-26/h1-2,6-13,15,25H,3-5,14,16H2,(H,31,32). The number of hydrogen-bond donors (Lipinski definition) is 1. The van der Waals surface area contributed by atoms with Gasteiger partial charge in [0.1, 0.15) is 23.2 Å². The van der Waals surface area contributed by atoms with Gasteiger partial charge in [-0.15, -0.1) is 0 Å². The van der Waals surface area contributed by atoms with Crippen molar-refractivity contribution in [3.63, 3.8) is 0 Å². The topological polar surface area (TPSA) is 102 Å². The van der Waals surface area contributed by atoms with Crippen LogP contribution in [0.4, 0.5) is 8.78 Å². The number of ether oxygens (including phenoxy) is 1. The van der Waals surface area contributed by atoms with E-state index in [9.17, 15) is 22.0 Å². The molecule has 1 atom stereocenters. The Morgan fingerprint density at radius 1 is 1.03 bits per heavy atom. The number of nitrogens with zero attached hydrogens (tertiary/aromatic N) is 2. The van der Waals surface area contributed by atoms with Crippen LogP contribution in [0.25, 0.3) is 0 Å². The number of hydrogen-bond acceptors (Lipinski definition) is 6. The van der Waals surface area contributed by atoms with Crippen molar-refractivity contribution in [2.24, 2.45) is 0 Å². The summed E-state index contributed by atoms with van der Waals surface area (Å²) in [5.74, 6) is -1.27. The molecule has 5 rings (SSSR count). The SMILES string of the molecule is O=C1CCCc2c1ccc(OC(Cc1ccc(F)cc1F)c1ncc[nH]1)c2CS(=O)(=O)c1ccccn1. The number of H-pyrrole nitrogens is 1. The highest BCUT2D eigenvalue weighted by molar-refractivity contribution is 7.90. The van der Waals surface area contributed by atoms with E-state index in [1.165, 1.54) is 24.5 Å². The summed E-state index contributed by atoms with van der Waals surface area (Å²) in [6, 6.07) is 11.1. The first kappa shape index (κ1) is 24.8. The van der Waals surface area contributed by atoms with Crippen molar-refractivity contribution in [2.45, 2.75) is 42.6 Å². The van der Waals surface area contributed by atoms with Crippen molar-refractivity contribution < 1.29 is 26.7 Å². The number of halogens is 2. The molecular formula is C27H23F2N3O4S. The van der Waals surface area contributed by atoms with Crippen LogP contribution in [0.15, 0.2) is 72.1 Å². The minimum atomic E-state index is -3.87. The average molecular weight is 524 g/mol. The molecule has 37 heavy (non-hydrogen) atoms. The lowest BCUT2D eigenvalue weighted by Crippen LogP contribution is -2.19. The molecule has 1 N–H and O–H groups in total. The molecule has 190 valence electrons. The fourth-order valence-corrected chi connectivity index (χ4v) is 5.88. The number of ketones is 1. The number of imidazole rings is 1. The van der Waals surface area contributed by atoms with Crippen LogP contribution in [-0.2, 0) is 28.4 Å². The lowest BCUT2D eigenvalue weighted by Gasteiger charge is -2.24. The van der Waals surface area contributed by atoms with Crippen LogP contribution in [0, 0.1) is 11.6 Å². The molecule has 1 aliphatic rings. The third kappa shape index (κ3) is 5.29. The molecule has 10 heteroatoms. The highest BCUT2D eigenvalue weighted by Gasteiger charge is 2.29. The Bertz CT molecular complexity index is 1540. The van der Waals surface area contributed by atoms with Gasteiger partial charge in [-0.2, -0.15) is 0 Å². The summed E-state index contributed by atoms with van der Waals surface area (Å²) in [6.45, 7) is 0. The fourth-order valence-electron chi connectivity index (χ4n) is 4.53. The third-order valence-electron chi connectivity index (χ3n) is 6.32. The molecule has 0 aliphatic heterocycles. The van der Waals surface area contributed by atoms with E-state index < -0.39 is 33.3 Å². The van der Waals surface area contributed by atoms with Gasteiger partial charge in [-0.1, -0.05) is 12.1 Å². The zero-order valence-electron chi connectivity index (χ0n) is 19.7. The maximum absolute atomic E-state index is 14.5. The molecule has 0 bridgehead atoms. The Kier molecular flexibility index (Phi) is 6.84. The quantitative estimate of drug-likeness (QED) is 0.351. The first-order chi connectivity index (χ1) is 17.8. The Hall–Kier alpha value is -3.92. The van der Waals surface area contributed by atoms with Crippen LogP contribution in [0.2, 0.25) is 0 Å². The van der Waals surface area contributed by atoms with Crippen molar-refractivity contribution in [1.82, 2.24) is 15.0 Å². The molecule has 0 amide bonds. The minimum absolute atomic E-state index is 0.00206. The summed E-state index contributed by atoms with van der Waals surface area (Å²) in [5.41, 5.74) is 1.68. The lowest BCUT2D eigenvalue weighted by molar-refractivity contribution is 0.0972. The molecule has 0 spiro atoms. The van der Waals surface area contributed by atoms with Crippen LogP contribution < -0.4 is 4.74 Å². The Balaban J connectivity index is 1.57. The van der Waals surface area contributed by atoms with Crippen molar-refractivity contribution in [3.05, 3.63) is 107 Å². The minimum Gasteiger partial charge on any atom is -0.482 e. The summed E-state index contributed by atoms with van der Waals surface area (Å²) in [6.07, 6.45) is 5.16. The van der Waals surface area contributed by atoms with Crippen molar-refractivity contribution >= 4 is 15.6 Å². The van der Waals surface area contributed by atoms with E-state index >= 15 is 0 Å². The predicted octanol–water partition coefficient (Wildman–Crippen LogP) is 4.94. The van der Waals surface area contributed by atoms with Gasteiger partial charge in [0.15, 0.2) is 26.8 Å². The number of fused-ring (bicyclic) bond motifs is 1. The number of carbonyl (C=O) groups excluding carboxylic acids is 1. The number of carbonyl (C=O) groups is 1. The van der Waals surface area contributed by atoms with E-state index in [2.05, 4.69) is 15.0 Å². The van der Waals surface area contributed by atoms with Crippen LogP contribution in [0.5, 0.6) is 5.75 Å². The molecule has 4 aromatic rings. The highest BCUT2D eigenvalue weighted by atomic mass is 32.2. The molecule has 2 aromatic carbocycles. The smallest absolute Gasteiger partial charge is 0.199 e. The zero-order chi connectivity index (χ0) is 26.0. The van der Waals surface area contributed by atoms with Crippen molar-refractivity contribution in [3.8, 4) is 5.75 Å². The number of pyridine rings is 1. The van der Waals surface area contributed by atoms with Gasteiger partial charge in [0.05, 0.1) is 5.75 Å². The van der Waals surface area contributed by atoms with E-state index in [4.69, 9.17) is 4.74 Å². The van der Waals surface area contributed by atoms with E-state index in [0.717, 1.165) is 12.1 Å². The van der Waals surface area contributed by atoms with Crippen molar-refractivity contribution in [1.29, 1.82) is 0 Å². The second-order valence-electron chi connectivity index (χ2n) is 8.79. The van der Waals surface area contributed by atoms with E-state index in [1.807, 2.05) is 0 Å². The number of nitrogens with one attached hydrogen (secondary N) is 1. The maximum Gasteiger partial charge on any atom is 0.199 e. The summed E-state index contributed by atoms with van der Waals surface area (Å²) in [4.78, 5) is 23.8. The summed E-state index contributed by atoms with van der Waals surface area (Å²) >= 11 is 0. The van der Waals surface area contributed by atoms with E-state index in [0.29, 0.717) is 41.8 Å². The molecule has 0 saturated heterocycles. The maximum atomic E-state index is 14.5. The van der Waals surface area contributed by atoms with Gasteiger partial charge < -0.3 is 9.72 Å². The lowest BCUT2D eigenvalue weighted by atomic mass is 9.87. The number of benzene rings is 2. The molecule has 1 aliphatic carbocycles. The Morgan fingerprint density at radius 2 is 1.89 bits per heavy atom. The van der Waals surface area contributed by atoms with E-state index in [1.54, 1.807) is 30.5 Å². The molecule has 1 unspecified atom stereocenters. The second-order valence-corrected chi connectivity index (χ2v) is 10.7. The Labute approximate surface area is 212 Å². The zero-order valence-corrected chi connectivity index (χ0v) is 20.5. The number of sulfone groups is 1. The van der Waals surface area contributed by atoms with Gasteiger partial charge in [0.25, 0.3) is 0 Å². The third-order valence-corrected chi connectivity index (χ3v) is 7.87. The van der Waals surface area contributed by atoms with E-state index in [-0.39, 0.29) is 28.5 Å². The highest BCUT2D eigenvalue weighted by Crippen LogP contribution is 2.36. The normalized spacial score (nSPS) is 14.3.